The van der Waals surface area contributed by atoms with Crippen LogP contribution in [0.4, 0.5) is 23.4 Å². The number of hydrogen-bond donors (Lipinski definition) is 0. The summed E-state index contributed by atoms with van der Waals surface area (Å²) in [7, 11) is 0. The standard InChI is InChI=1S/C26H23F4N5O4/c27-19-7-15(1-2-20(19)39-18-3-5-31-21(8-18)26(28,29)30)11-38-23-25-9-16(35(23)17-12-37-13-17)10-34(25)22-4-6-32-24(36)33(22)14-25/h1-8,16-17,23H,9-14H2. The topological polar surface area (TPSA) is 82.0 Å². The molecule has 7 rings (SSSR count). The maximum absolute atomic E-state index is 14.9. The fraction of sp³-hybridized carbons (Fsp3) is 0.423. The molecule has 3 unspecified atom stereocenters. The lowest BCUT2D eigenvalue weighted by Crippen LogP contribution is -2.66. The molecule has 3 aromatic rings. The molecule has 0 saturated carbocycles. The van der Waals surface area contributed by atoms with Crippen molar-refractivity contribution >= 4 is 5.82 Å². The van der Waals surface area contributed by atoms with Crippen LogP contribution in [0.1, 0.15) is 17.7 Å². The van der Waals surface area contributed by atoms with Crippen LogP contribution in [0.3, 0.4) is 0 Å². The van der Waals surface area contributed by atoms with Crippen LogP contribution in [0.2, 0.25) is 0 Å². The molecule has 0 N–H and O–H groups in total. The average Bonchev–Trinajstić information content (AvgIpc) is 3.49. The van der Waals surface area contributed by atoms with Gasteiger partial charge in [-0.2, -0.15) is 13.2 Å². The Labute approximate surface area is 219 Å². The lowest BCUT2D eigenvalue weighted by Gasteiger charge is -2.49. The molecule has 0 amide bonds. The summed E-state index contributed by atoms with van der Waals surface area (Å²) in [6.07, 6.45) is -1.70. The maximum Gasteiger partial charge on any atom is 0.433 e. The Bertz CT molecular complexity index is 1500. The number of hydrogen-bond acceptors (Lipinski definition) is 8. The fourth-order valence-electron chi connectivity index (χ4n) is 6.29. The zero-order valence-corrected chi connectivity index (χ0v) is 20.5. The molecule has 2 bridgehead atoms. The van der Waals surface area contributed by atoms with Crippen LogP contribution in [-0.4, -0.2) is 63.0 Å². The van der Waals surface area contributed by atoms with Crippen molar-refractivity contribution < 1.29 is 31.8 Å². The number of likely N-dealkylation sites (tertiary alicyclic amines) is 1. The highest BCUT2D eigenvalue weighted by Gasteiger charge is 2.66. The van der Waals surface area contributed by atoms with Gasteiger partial charge in [-0.1, -0.05) is 6.07 Å². The van der Waals surface area contributed by atoms with E-state index in [-0.39, 0.29) is 42.1 Å². The highest BCUT2D eigenvalue weighted by molar-refractivity contribution is 5.52. The molecule has 0 aliphatic carbocycles. The van der Waals surface area contributed by atoms with Crippen molar-refractivity contribution in [1.29, 1.82) is 0 Å². The number of fused-ring (bicyclic) bond motifs is 3. The zero-order chi connectivity index (χ0) is 26.9. The van der Waals surface area contributed by atoms with Crippen molar-refractivity contribution in [2.24, 2.45) is 0 Å². The molecule has 13 heteroatoms. The van der Waals surface area contributed by atoms with Gasteiger partial charge in [0.05, 0.1) is 32.4 Å². The van der Waals surface area contributed by atoms with Crippen LogP contribution in [0.15, 0.2) is 53.6 Å². The summed E-state index contributed by atoms with van der Waals surface area (Å²) in [5.41, 5.74) is -1.34. The fourth-order valence-corrected chi connectivity index (χ4v) is 6.29. The Balaban J connectivity index is 1.11. The second-order valence-corrected chi connectivity index (χ2v) is 10.3. The largest absolute Gasteiger partial charge is 0.454 e. The maximum atomic E-state index is 14.9. The van der Waals surface area contributed by atoms with Gasteiger partial charge in [-0.15, -0.1) is 0 Å². The van der Waals surface area contributed by atoms with Crippen LogP contribution in [0.25, 0.3) is 0 Å². The van der Waals surface area contributed by atoms with Gasteiger partial charge in [-0.25, -0.2) is 14.2 Å². The van der Waals surface area contributed by atoms with Crippen LogP contribution in [-0.2, 0) is 28.8 Å². The minimum Gasteiger partial charge on any atom is -0.454 e. The molecule has 39 heavy (non-hydrogen) atoms. The molecule has 3 saturated heterocycles. The minimum absolute atomic E-state index is 0.0885. The number of nitrogens with zero attached hydrogens (tertiary/aromatic N) is 5. The predicted octanol–water partition coefficient (Wildman–Crippen LogP) is 3.18. The monoisotopic (exact) mass is 545 g/mol. The number of anilines is 1. The van der Waals surface area contributed by atoms with E-state index in [1.165, 1.54) is 24.4 Å². The molecule has 3 atom stereocenters. The first kappa shape index (κ1) is 24.5. The number of pyridine rings is 1. The van der Waals surface area contributed by atoms with Gasteiger partial charge in [0.15, 0.2) is 11.6 Å². The first-order valence-corrected chi connectivity index (χ1v) is 12.5. The Morgan fingerprint density at radius 2 is 1.90 bits per heavy atom. The van der Waals surface area contributed by atoms with E-state index < -0.39 is 23.2 Å². The molecule has 1 aromatic carbocycles. The van der Waals surface area contributed by atoms with E-state index in [0.29, 0.717) is 25.3 Å². The highest BCUT2D eigenvalue weighted by atomic mass is 19.4. The summed E-state index contributed by atoms with van der Waals surface area (Å²) in [4.78, 5) is 24.3. The number of halogens is 4. The van der Waals surface area contributed by atoms with E-state index in [9.17, 15) is 22.4 Å². The minimum atomic E-state index is -4.64. The molecule has 0 radical (unpaired) electrons. The van der Waals surface area contributed by atoms with Crippen LogP contribution < -0.4 is 15.3 Å². The Morgan fingerprint density at radius 1 is 1.08 bits per heavy atom. The summed E-state index contributed by atoms with van der Waals surface area (Å²) in [5, 5.41) is 0. The molecule has 9 nitrogen and oxygen atoms in total. The summed E-state index contributed by atoms with van der Waals surface area (Å²) in [6.45, 7) is 2.52. The molecule has 4 aliphatic heterocycles. The summed E-state index contributed by atoms with van der Waals surface area (Å²) < 4.78 is 72.8. The number of benzene rings is 1. The van der Waals surface area contributed by atoms with Crippen LogP contribution in [0.5, 0.6) is 11.5 Å². The van der Waals surface area contributed by atoms with Crippen LogP contribution >= 0.6 is 0 Å². The number of ether oxygens (including phenoxy) is 3. The van der Waals surface area contributed by atoms with Gasteiger partial charge in [0.2, 0.25) is 0 Å². The third-order valence-corrected chi connectivity index (χ3v) is 7.99. The summed E-state index contributed by atoms with van der Waals surface area (Å²) in [5.74, 6) is -0.295. The van der Waals surface area contributed by atoms with E-state index in [4.69, 9.17) is 14.2 Å². The number of alkyl halides is 3. The van der Waals surface area contributed by atoms with Gasteiger partial charge >= 0.3 is 11.9 Å². The van der Waals surface area contributed by atoms with Crippen molar-refractivity contribution in [3.05, 3.63) is 76.4 Å². The molecule has 3 fully saturated rings. The molecule has 4 aliphatic rings. The van der Waals surface area contributed by atoms with E-state index in [1.54, 1.807) is 10.6 Å². The van der Waals surface area contributed by atoms with E-state index in [1.807, 2.05) is 6.07 Å². The average molecular weight is 545 g/mol. The smallest absolute Gasteiger partial charge is 0.433 e. The van der Waals surface area contributed by atoms with Crippen molar-refractivity contribution in [3.8, 4) is 11.5 Å². The zero-order valence-electron chi connectivity index (χ0n) is 20.5. The predicted molar refractivity (Wildman–Crippen MR) is 128 cm³/mol. The second kappa shape index (κ2) is 8.73. The lowest BCUT2D eigenvalue weighted by molar-refractivity contribution is -0.165. The number of rotatable bonds is 6. The van der Waals surface area contributed by atoms with E-state index in [2.05, 4.69) is 19.8 Å². The lowest BCUT2D eigenvalue weighted by atomic mass is 9.97. The first-order valence-electron chi connectivity index (χ1n) is 12.5. The van der Waals surface area contributed by atoms with Crippen molar-refractivity contribution in [1.82, 2.24) is 19.4 Å². The van der Waals surface area contributed by atoms with Gasteiger partial charge in [0.1, 0.15) is 29.0 Å². The molecule has 6 heterocycles. The summed E-state index contributed by atoms with van der Waals surface area (Å²) in [6, 6.07) is 8.45. The SMILES string of the molecule is O=c1nccc2n1CC13CC(CN21)N(C1COC1)C3OCc1ccc(Oc2ccnc(C(F)(F)F)c2)c(F)c1. The molecule has 204 valence electrons. The molecule has 2 aromatic heterocycles. The van der Waals surface area contributed by atoms with Gasteiger partial charge in [0.25, 0.3) is 0 Å². The summed E-state index contributed by atoms with van der Waals surface area (Å²) >= 11 is 0. The third-order valence-electron chi connectivity index (χ3n) is 7.99. The molecule has 1 spiro atoms. The number of piperazine rings is 1. The molecular formula is C26H23F4N5O4. The van der Waals surface area contributed by atoms with E-state index >= 15 is 0 Å². The van der Waals surface area contributed by atoms with Gasteiger partial charge < -0.3 is 19.1 Å². The first-order chi connectivity index (χ1) is 18.7. The van der Waals surface area contributed by atoms with Gasteiger partial charge in [-0.3, -0.25) is 14.5 Å². The highest BCUT2D eigenvalue weighted by Crippen LogP contribution is 2.52. The Hall–Kier alpha value is -3.55. The van der Waals surface area contributed by atoms with Crippen molar-refractivity contribution in [3.63, 3.8) is 0 Å². The Morgan fingerprint density at radius 3 is 2.64 bits per heavy atom. The molecular weight excluding hydrogens is 522 g/mol. The number of aromatic nitrogens is 3. The van der Waals surface area contributed by atoms with Gasteiger partial charge in [0, 0.05) is 31.0 Å². The van der Waals surface area contributed by atoms with Crippen molar-refractivity contribution in [2.75, 3.05) is 24.7 Å². The van der Waals surface area contributed by atoms with Crippen molar-refractivity contribution in [2.45, 2.75) is 49.6 Å². The van der Waals surface area contributed by atoms with Crippen LogP contribution in [0, 0.1) is 5.82 Å². The normalized spacial score (nSPS) is 26.0. The quantitative estimate of drug-likeness (QED) is 0.437. The van der Waals surface area contributed by atoms with Gasteiger partial charge in [-0.05, 0) is 36.2 Å². The third kappa shape index (κ3) is 3.90. The second-order valence-electron chi connectivity index (χ2n) is 10.3. The van der Waals surface area contributed by atoms with E-state index in [0.717, 1.165) is 31.0 Å². The Kier molecular flexibility index (Phi) is 5.48.